The lowest BCUT2D eigenvalue weighted by Crippen LogP contribution is -2.31. The number of hydrogen-bond acceptors (Lipinski definition) is 2. The highest BCUT2D eigenvalue weighted by Gasteiger charge is 2.37. The number of para-hydroxylation sites is 1. The summed E-state index contributed by atoms with van der Waals surface area (Å²) in [6, 6.07) is 9.13. The fraction of sp³-hybridized carbons (Fsp3) is 0.333. The van der Waals surface area contributed by atoms with E-state index in [0.717, 1.165) is 17.9 Å². The molecule has 1 atom stereocenters. The summed E-state index contributed by atoms with van der Waals surface area (Å²) in [7, 11) is 0. The molecule has 1 aliphatic heterocycles. The van der Waals surface area contributed by atoms with Crippen LogP contribution in [0.5, 0.6) is 0 Å². The van der Waals surface area contributed by atoms with Gasteiger partial charge in [0.05, 0.1) is 5.56 Å². The van der Waals surface area contributed by atoms with Gasteiger partial charge in [-0.1, -0.05) is 18.2 Å². The number of carboxylic acids is 1. The summed E-state index contributed by atoms with van der Waals surface area (Å²) in [5, 5.41) is 9.43. The van der Waals surface area contributed by atoms with Crippen molar-refractivity contribution in [1.29, 1.82) is 0 Å². The lowest BCUT2D eigenvalue weighted by atomic mass is 10.0. The Kier molecular flexibility index (Phi) is 3.72. The van der Waals surface area contributed by atoms with E-state index in [1.165, 1.54) is 0 Å². The molecule has 1 aliphatic rings. The van der Waals surface area contributed by atoms with Crippen LogP contribution in [-0.2, 0) is 11.3 Å². The van der Waals surface area contributed by atoms with E-state index in [9.17, 15) is 14.7 Å². The molecule has 0 radical (unpaired) electrons. The topological polar surface area (TPSA) is 62.5 Å². The number of carbonyl (C=O) groups excluding carboxylic acids is 1. The fourth-order valence-electron chi connectivity index (χ4n) is 3.46. The Labute approximate surface area is 135 Å². The van der Waals surface area contributed by atoms with Gasteiger partial charge in [-0.3, -0.25) is 9.59 Å². The Morgan fingerprint density at radius 3 is 2.57 bits per heavy atom. The van der Waals surface area contributed by atoms with E-state index in [-0.39, 0.29) is 12.5 Å². The van der Waals surface area contributed by atoms with E-state index in [0.29, 0.717) is 16.8 Å². The number of aliphatic carboxylic acids is 1. The van der Waals surface area contributed by atoms with Crippen molar-refractivity contribution in [2.45, 2.75) is 33.2 Å². The van der Waals surface area contributed by atoms with Crippen molar-refractivity contribution in [2.24, 2.45) is 0 Å². The minimum atomic E-state index is -0.896. The molecule has 0 saturated heterocycles. The van der Waals surface area contributed by atoms with Crippen molar-refractivity contribution in [1.82, 2.24) is 4.57 Å². The van der Waals surface area contributed by atoms with Gasteiger partial charge in [0, 0.05) is 30.2 Å². The molecule has 0 fully saturated rings. The Balaban J connectivity index is 2.03. The Bertz CT molecular complexity index is 792. The lowest BCUT2D eigenvalue weighted by Gasteiger charge is -2.17. The predicted octanol–water partition coefficient (Wildman–Crippen LogP) is 2.95. The maximum absolute atomic E-state index is 13.0. The average molecular weight is 312 g/mol. The molecule has 1 aromatic carbocycles. The third-order valence-corrected chi connectivity index (χ3v) is 4.63. The number of aromatic nitrogens is 1. The van der Waals surface area contributed by atoms with Gasteiger partial charge in [0.1, 0.15) is 5.92 Å². The molecule has 0 bridgehead atoms. The molecular formula is C18H20N2O3. The zero-order valence-corrected chi connectivity index (χ0v) is 13.5. The number of carbonyl (C=O) groups is 2. The van der Waals surface area contributed by atoms with E-state index in [2.05, 4.69) is 4.57 Å². The number of fused-ring (bicyclic) bond motifs is 1. The van der Waals surface area contributed by atoms with Gasteiger partial charge < -0.3 is 14.6 Å². The van der Waals surface area contributed by atoms with Gasteiger partial charge in [0.15, 0.2) is 0 Å². The largest absolute Gasteiger partial charge is 0.481 e. The molecule has 2 aromatic rings. The molecule has 0 aliphatic carbocycles. The summed E-state index contributed by atoms with van der Waals surface area (Å²) < 4.78 is 2.09. The second kappa shape index (κ2) is 5.57. The normalized spacial score (nSPS) is 16.5. The minimum Gasteiger partial charge on any atom is -0.481 e. The van der Waals surface area contributed by atoms with Gasteiger partial charge in [0.2, 0.25) is 0 Å². The van der Waals surface area contributed by atoms with Gasteiger partial charge in [0.25, 0.3) is 5.91 Å². The number of amides is 1. The van der Waals surface area contributed by atoms with Crippen molar-refractivity contribution >= 4 is 17.6 Å². The zero-order valence-electron chi connectivity index (χ0n) is 13.5. The number of rotatable bonds is 3. The van der Waals surface area contributed by atoms with Crippen LogP contribution in [0.1, 0.15) is 40.2 Å². The van der Waals surface area contributed by atoms with Crippen LogP contribution in [0.3, 0.4) is 0 Å². The standard InChI is InChI=1S/C18H20N2O3/c1-4-19-11(2)9-14(12(19)3)17(21)20-10-15(18(22)23)13-7-5-6-8-16(13)20/h5-9,15H,4,10H2,1-3H3,(H,22,23). The molecule has 3 rings (SSSR count). The van der Waals surface area contributed by atoms with Crippen LogP contribution >= 0.6 is 0 Å². The average Bonchev–Trinajstić information content (AvgIpc) is 3.05. The first-order chi connectivity index (χ1) is 11.0. The van der Waals surface area contributed by atoms with Gasteiger partial charge in [-0.05, 0) is 38.5 Å². The summed E-state index contributed by atoms with van der Waals surface area (Å²) in [5.41, 5.74) is 4.01. The fourth-order valence-corrected chi connectivity index (χ4v) is 3.46. The monoisotopic (exact) mass is 312 g/mol. The molecule has 120 valence electrons. The summed E-state index contributed by atoms with van der Waals surface area (Å²) >= 11 is 0. The first-order valence-electron chi connectivity index (χ1n) is 7.76. The van der Waals surface area contributed by atoms with Crippen LogP contribution in [0.15, 0.2) is 30.3 Å². The first kappa shape index (κ1) is 15.3. The number of carboxylic acid groups (broad SMARTS) is 1. The van der Waals surface area contributed by atoms with Crippen molar-refractivity contribution in [3.05, 3.63) is 52.8 Å². The van der Waals surface area contributed by atoms with Crippen molar-refractivity contribution in [2.75, 3.05) is 11.4 Å². The van der Waals surface area contributed by atoms with Crippen molar-refractivity contribution in [3.63, 3.8) is 0 Å². The van der Waals surface area contributed by atoms with E-state index in [1.54, 1.807) is 11.0 Å². The first-order valence-corrected chi connectivity index (χ1v) is 7.76. The molecule has 0 saturated carbocycles. The van der Waals surface area contributed by atoms with E-state index < -0.39 is 11.9 Å². The molecule has 1 amide bonds. The molecule has 1 aromatic heterocycles. The van der Waals surface area contributed by atoms with Crippen LogP contribution in [0.25, 0.3) is 0 Å². The highest BCUT2D eigenvalue weighted by atomic mass is 16.4. The Hall–Kier alpha value is -2.56. The van der Waals surface area contributed by atoms with Crippen LogP contribution in [0.2, 0.25) is 0 Å². The third kappa shape index (κ3) is 2.32. The Morgan fingerprint density at radius 1 is 1.26 bits per heavy atom. The quantitative estimate of drug-likeness (QED) is 0.948. The van der Waals surface area contributed by atoms with Crippen LogP contribution < -0.4 is 4.90 Å². The maximum atomic E-state index is 13.0. The number of aryl methyl sites for hydroxylation is 1. The van der Waals surface area contributed by atoms with E-state index in [1.807, 2.05) is 45.0 Å². The SMILES string of the molecule is CCn1c(C)cc(C(=O)N2CC(C(=O)O)c3ccccc32)c1C. The smallest absolute Gasteiger partial charge is 0.312 e. The van der Waals surface area contributed by atoms with Gasteiger partial charge >= 0.3 is 5.97 Å². The Morgan fingerprint density at radius 2 is 1.96 bits per heavy atom. The molecule has 2 heterocycles. The summed E-state index contributed by atoms with van der Waals surface area (Å²) in [6.07, 6.45) is 0. The molecule has 5 heteroatoms. The second-order valence-electron chi connectivity index (χ2n) is 5.89. The number of benzene rings is 1. The third-order valence-electron chi connectivity index (χ3n) is 4.63. The lowest BCUT2D eigenvalue weighted by molar-refractivity contribution is -0.138. The molecule has 0 spiro atoms. The van der Waals surface area contributed by atoms with Crippen LogP contribution in [0.4, 0.5) is 5.69 Å². The number of hydrogen-bond donors (Lipinski definition) is 1. The molecule has 1 N–H and O–H groups in total. The van der Waals surface area contributed by atoms with E-state index in [4.69, 9.17) is 0 Å². The highest BCUT2D eigenvalue weighted by molar-refractivity contribution is 6.09. The van der Waals surface area contributed by atoms with Gasteiger partial charge in [-0.25, -0.2) is 0 Å². The summed E-state index contributed by atoms with van der Waals surface area (Å²) in [4.78, 5) is 26.1. The van der Waals surface area contributed by atoms with Crippen molar-refractivity contribution < 1.29 is 14.7 Å². The van der Waals surface area contributed by atoms with E-state index >= 15 is 0 Å². The van der Waals surface area contributed by atoms with Crippen LogP contribution in [0, 0.1) is 13.8 Å². The maximum Gasteiger partial charge on any atom is 0.312 e. The molecular weight excluding hydrogens is 292 g/mol. The number of anilines is 1. The predicted molar refractivity (Wildman–Crippen MR) is 88.1 cm³/mol. The van der Waals surface area contributed by atoms with Gasteiger partial charge in [-0.2, -0.15) is 0 Å². The summed E-state index contributed by atoms with van der Waals surface area (Å²) in [6.45, 7) is 6.94. The molecule has 5 nitrogen and oxygen atoms in total. The van der Waals surface area contributed by atoms with Gasteiger partial charge in [-0.15, -0.1) is 0 Å². The van der Waals surface area contributed by atoms with Crippen LogP contribution in [-0.4, -0.2) is 28.1 Å². The minimum absolute atomic E-state index is 0.131. The van der Waals surface area contributed by atoms with Crippen molar-refractivity contribution in [3.8, 4) is 0 Å². The second-order valence-corrected chi connectivity index (χ2v) is 5.89. The highest BCUT2D eigenvalue weighted by Crippen LogP contribution is 2.37. The molecule has 23 heavy (non-hydrogen) atoms. The molecule has 1 unspecified atom stereocenters. The summed E-state index contributed by atoms with van der Waals surface area (Å²) in [5.74, 6) is -1.69. The number of nitrogens with zero attached hydrogens (tertiary/aromatic N) is 2. The zero-order chi connectivity index (χ0) is 16.7.